The molecule has 9 heteroatoms. The number of halogens is 1. The Morgan fingerprint density at radius 3 is 2.85 bits per heavy atom. The van der Waals surface area contributed by atoms with E-state index in [4.69, 9.17) is 9.97 Å². The van der Waals surface area contributed by atoms with Crippen molar-refractivity contribution >= 4 is 17.6 Å². The maximum atomic E-state index is 13.7. The Bertz CT molecular complexity index is 1240. The zero-order valence-corrected chi connectivity index (χ0v) is 18.7. The first kappa shape index (κ1) is 21.2. The van der Waals surface area contributed by atoms with Gasteiger partial charge in [-0.1, -0.05) is 12.1 Å². The molecule has 0 spiro atoms. The summed E-state index contributed by atoms with van der Waals surface area (Å²) in [5.74, 6) is 0.619. The van der Waals surface area contributed by atoms with E-state index in [1.165, 1.54) is 12.1 Å². The topological polar surface area (TPSA) is 84.2 Å². The van der Waals surface area contributed by atoms with E-state index < -0.39 is 0 Å². The van der Waals surface area contributed by atoms with Crippen LogP contribution in [0.3, 0.4) is 0 Å². The SMILES string of the molecule is Cc1nc([C@@H]2CCCN2C(=O)c2cnn(C)c2)nc2c1CCC(=O)N2Cc1cccc(F)c1. The van der Waals surface area contributed by atoms with Crippen molar-refractivity contribution in [3.05, 3.63) is 70.7 Å². The van der Waals surface area contributed by atoms with Gasteiger partial charge < -0.3 is 4.90 Å². The van der Waals surface area contributed by atoms with Gasteiger partial charge in [-0.15, -0.1) is 0 Å². The predicted molar refractivity (Wildman–Crippen MR) is 119 cm³/mol. The Labute approximate surface area is 191 Å². The highest BCUT2D eigenvalue weighted by molar-refractivity contribution is 5.95. The van der Waals surface area contributed by atoms with E-state index in [9.17, 15) is 14.0 Å². The molecule has 0 unspecified atom stereocenters. The van der Waals surface area contributed by atoms with Crippen LogP contribution in [0.2, 0.25) is 0 Å². The third-order valence-corrected chi connectivity index (χ3v) is 6.35. The molecule has 0 N–H and O–H groups in total. The maximum Gasteiger partial charge on any atom is 0.257 e. The summed E-state index contributed by atoms with van der Waals surface area (Å²) in [5, 5.41) is 4.11. The van der Waals surface area contributed by atoms with Crippen LogP contribution in [0.15, 0.2) is 36.7 Å². The number of aryl methyl sites for hydroxylation is 2. The Hall–Kier alpha value is -3.62. The van der Waals surface area contributed by atoms with Crippen LogP contribution in [0.4, 0.5) is 10.2 Å². The van der Waals surface area contributed by atoms with Gasteiger partial charge >= 0.3 is 0 Å². The summed E-state index contributed by atoms with van der Waals surface area (Å²) in [6.07, 6.45) is 5.81. The molecule has 1 atom stereocenters. The normalized spacial score (nSPS) is 18.0. The quantitative estimate of drug-likeness (QED) is 0.612. The van der Waals surface area contributed by atoms with Crippen LogP contribution in [0, 0.1) is 12.7 Å². The molecule has 33 heavy (non-hydrogen) atoms. The summed E-state index contributed by atoms with van der Waals surface area (Å²) in [6, 6.07) is 5.98. The Morgan fingerprint density at radius 2 is 2.09 bits per heavy atom. The molecule has 1 aromatic carbocycles. The van der Waals surface area contributed by atoms with Gasteiger partial charge in [0.15, 0.2) is 5.82 Å². The molecule has 2 aliphatic heterocycles. The Kier molecular flexibility index (Phi) is 5.39. The van der Waals surface area contributed by atoms with E-state index >= 15 is 0 Å². The van der Waals surface area contributed by atoms with Crippen LogP contribution in [0.25, 0.3) is 0 Å². The number of rotatable bonds is 4. The minimum Gasteiger partial charge on any atom is -0.328 e. The van der Waals surface area contributed by atoms with Crippen molar-refractivity contribution in [1.29, 1.82) is 0 Å². The smallest absolute Gasteiger partial charge is 0.257 e. The van der Waals surface area contributed by atoms with Crippen LogP contribution >= 0.6 is 0 Å². The maximum absolute atomic E-state index is 13.7. The van der Waals surface area contributed by atoms with Crippen molar-refractivity contribution in [3.63, 3.8) is 0 Å². The number of nitrogens with zero attached hydrogens (tertiary/aromatic N) is 6. The molecule has 0 aliphatic carbocycles. The van der Waals surface area contributed by atoms with Gasteiger partial charge in [0.1, 0.15) is 11.6 Å². The lowest BCUT2D eigenvalue weighted by atomic mass is 10.0. The summed E-state index contributed by atoms with van der Waals surface area (Å²) in [6.45, 7) is 2.77. The lowest BCUT2D eigenvalue weighted by Gasteiger charge is -2.31. The average molecular weight is 449 g/mol. The van der Waals surface area contributed by atoms with Gasteiger partial charge in [0, 0.05) is 37.5 Å². The highest BCUT2D eigenvalue weighted by Gasteiger charge is 2.35. The third kappa shape index (κ3) is 3.99. The third-order valence-electron chi connectivity index (χ3n) is 6.35. The number of carbonyl (C=O) groups is 2. The van der Waals surface area contributed by atoms with E-state index in [0.29, 0.717) is 42.2 Å². The molecule has 3 aromatic rings. The lowest BCUT2D eigenvalue weighted by Crippen LogP contribution is -2.37. The molecule has 0 bridgehead atoms. The second-order valence-electron chi connectivity index (χ2n) is 8.64. The van der Waals surface area contributed by atoms with Gasteiger partial charge in [0.05, 0.1) is 24.3 Å². The monoisotopic (exact) mass is 448 g/mol. The summed E-state index contributed by atoms with van der Waals surface area (Å²) in [5.41, 5.74) is 2.97. The summed E-state index contributed by atoms with van der Waals surface area (Å²) >= 11 is 0. The number of anilines is 1. The fourth-order valence-corrected chi connectivity index (χ4v) is 4.71. The molecule has 1 fully saturated rings. The molecule has 2 amide bonds. The van der Waals surface area contributed by atoms with Gasteiger partial charge in [0.25, 0.3) is 5.91 Å². The first-order valence-electron chi connectivity index (χ1n) is 11.1. The second-order valence-corrected chi connectivity index (χ2v) is 8.64. The molecule has 0 radical (unpaired) electrons. The number of benzene rings is 1. The largest absolute Gasteiger partial charge is 0.328 e. The Balaban J connectivity index is 1.50. The molecular weight excluding hydrogens is 423 g/mol. The van der Waals surface area contributed by atoms with Gasteiger partial charge in [-0.3, -0.25) is 19.2 Å². The molecule has 1 saturated heterocycles. The van der Waals surface area contributed by atoms with Crippen molar-refractivity contribution in [1.82, 2.24) is 24.6 Å². The molecule has 2 aliphatic rings. The second kappa shape index (κ2) is 8.38. The van der Waals surface area contributed by atoms with E-state index in [1.807, 2.05) is 6.92 Å². The zero-order valence-electron chi connectivity index (χ0n) is 18.7. The van der Waals surface area contributed by atoms with Crippen LogP contribution in [-0.4, -0.2) is 43.0 Å². The van der Waals surface area contributed by atoms with Crippen LogP contribution < -0.4 is 4.90 Å². The molecular formula is C24H25FN6O2. The van der Waals surface area contributed by atoms with Gasteiger partial charge in [0.2, 0.25) is 5.91 Å². The molecule has 0 saturated carbocycles. The van der Waals surface area contributed by atoms with Gasteiger partial charge in [-0.2, -0.15) is 5.10 Å². The fourth-order valence-electron chi connectivity index (χ4n) is 4.71. The fraction of sp³-hybridized carbons (Fsp3) is 0.375. The van der Waals surface area contributed by atoms with Crippen molar-refractivity contribution < 1.29 is 14.0 Å². The number of likely N-dealkylation sites (tertiary alicyclic amines) is 1. The van der Waals surface area contributed by atoms with E-state index in [-0.39, 0.29) is 30.2 Å². The van der Waals surface area contributed by atoms with E-state index in [0.717, 1.165) is 24.1 Å². The number of hydrogen-bond donors (Lipinski definition) is 0. The zero-order chi connectivity index (χ0) is 23.1. The molecule has 2 aromatic heterocycles. The highest BCUT2D eigenvalue weighted by Crippen LogP contribution is 2.35. The number of carbonyl (C=O) groups excluding carboxylic acids is 2. The number of amides is 2. The molecule has 5 rings (SSSR count). The highest BCUT2D eigenvalue weighted by atomic mass is 19.1. The van der Waals surface area contributed by atoms with Gasteiger partial charge in [-0.25, -0.2) is 14.4 Å². The van der Waals surface area contributed by atoms with Crippen LogP contribution in [-0.2, 0) is 24.8 Å². The molecule has 170 valence electrons. The lowest BCUT2D eigenvalue weighted by molar-refractivity contribution is -0.119. The first-order chi connectivity index (χ1) is 15.9. The summed E-state index contributed by atoms with van der Waals surface area (Å²) < 4.78 is 15.3. The van der Waals surface area contributed by atoms with E-state index in [1.54, 1.807) is 46.1 Å². The average Bonchev–Trinajstić information content (AvgIpc) is 3.44. The van der Waals surface area contributed by atoms with Crippen molar-refractivity contribution in [2.75, 3.05) is 11.4 Å². The van der Waals surface area contributed by atoms with Gasteiger partial charge in [-0.05, 0) is 43.9 Å². The van der Waals surface area contributed by atoms with Crippen molar-refractivity contribution in [2.24, 2.45) is 7.05 Å². The van der Waals surface area contributed by atoms with Crippen molar-refractivity contribution in [2.45, 2.75) is 45.2 Å². The summed E-state index contributed by atoms with van der Waals surface area (Å²) in [7, 11) is 1.78. The minimum absolute atomic E-state index is 0.0504. The number of fused-ring (bicyclic) bond motifs is 1. The number of hydrogen-bond acceptors (Lipinski definition) is 5. The summed E-state index contributed by atoms with van der Waals surface area (Å²) in [4.78, 5) is 39.0. The van der Waals surface area contributed by atoms with E-state index in [2.05, 4.69) is 5.10 Å². The van der Waals surface area contributed by atoms with Crippen LogP contribution in [0.1, 0.15) is 58.3 Å². The number of aromatic nitrogens is 4. The van der Waals surface area contributed by atoms with Crippen molar-refractivity contribution in [3.8, 4) is 0 Å². The molecule has 4 heterocycles. The first-order valence-corrected chi connectivity index (χ1v) is 11.1. The Morgan fingerprint density at radius 1 is 1.24 bits per heavy atom. The molecule has 8 nitrogen and oxygen atoms in total. The predicted octanol–water partition coefficient (Wildman–Crippen LogP) is 3.11. The minimum atomic E-state index is -0.341. The van der Waals surface area contributed by atoms with Crippen LogP contribution in [0.5, 0.6) is 0 Å². The standard InChI is InChI=1S/C24H25FN6O2/c1-15-19-8-9-21(32)31(13-16-5-3-6-18(25)11-16)23(19)28-22(27-15)20-7-4-10-30(20)24(33)17-12-26-29(2)14-17/h3,5-6,11-12,14,20H,4,7-10,13H2,1-2H3/t20-/m0/s1.